The number of hydrogen-bond donors (Lipinski definition) is 1. The lowest BCUT2D eigenvalue weighted by molar-refractivity contribution is -0.131. The van der Waals surface area contributed by atoms with Gasteiger partial charge in [-0.2, -0.15) is 0 Å². The molecule has 0 spiro atoms. The van der Waals surface area contributed by atoms with Crippen molar-refractivity contribution in [1.29, 1.82) is 0 Å². The van der Waals surface area contributed by atoms with Gasteiger partial charge in [-0.05, 0) is 73.0 Å². The van der Waals surface area contributed by atoms with Crippen molar-refractivity contribution in [3.05, 3.63) is 46.0 Å². The minimum absolute atomic E-state index is 0.529. The first-order valence-electron chi connectivity index (χ1n) is 12.3. The largest absolute Gasteiger partial charge is 0.478 e. The fourth-order valence-corrected chi connectivity index (χ4v) is 10.9. The molecule has 1 aliphatic carbocycles. The second-order valence-electron chi connectivity index (χ2n) is 10.3. The van der Waals surface area contributed by atoms with Crippen LogP contribution in [-0.2, 0) is 9.63 Å². The van der Waals surface area contributed by atoms with Crippen molar-refractivity contribution in [2.75, 3.05) is 7.11 Å². The summed E-state index contributed by atoms with van der Waals surface area (Å²) < 4.78 is 0. The van der Waals surface area contributed by atoms with Crippen LogP contribution >= 0.6 is 0 Å². The van der Waals surface area contributed by atoms with E-state index in [2.05, 4.69) is 71.2 Å². The van der Waals surface area contributed by atoms with Crippen LogP contribution in [-0.4, -0.2) is 32.0 Å². The summed E-state index contributed by atoms with van der Waals surface area (Å²) in [6.45, 7) is 18.1. The summed E-state index contributed by atoms with van der Waals surface area (Å²) in [6, 6.07) is 4.18. The zero-order chi connectivity index (χ0) is 25.6. The van der Waals surface area contributed by atoms with Crippen molar-refractivity contribution in [1.82, 2.24) is 0 Å². The number of carboxylic acids is 1. The second-order valence-corrected chi connectivity index (χ2v) is 15.9. The van der Waals surface area contributed by atoms with Crippen LogP contribution in [0.25, 0.3) is 11.6 Å². The normalized spacial score (nSPS) is 16.1. The van der Waals surface area contributed by atoms with E-state index in [0.717, 1.165) is 52.8 Å². The van der Waals surface area contributed by atoms with Gasteiger partial charge in [0.25, 0.3) is 0 Å². The van der Waals surface area contributed by atoms with Crippen LogP contribution in [0.4, 0.5) is 0 Å². The molecular weight excluding hydrogens is 438 g/mol. The van der Waals surface area contributed by atoms with Gasteiger partial charge in [0, 0.05) is 22.8 Å². The maximum atomic E-state index is 11.4. The number of hydrogen-bond acceptors (Lipinski definition) is 3. The predicted octanol–water partition coefficient (Wildman–Crippen LogP) is 7.62. The molecule has 1 aliphatic rings. The zero-order valence-electron chi connectivity index (χ0n) is 22.4. The van der Waals surface area contributed by atoms with E-state index in [0.29, 0.717) is 16.6 Å². The number of aryl methyl sites for hydroxylation is 1. The molecule has 0 amide bonds. The Kier molecular flexibility index (Phi) is 9.52. The maximum Gasteiger partial charge on any atom is 0.328 e. The molecule has 34 heavy (non-hydrogen) atoms. The molecule has 4 nitrogen and oxygen atoms in total. The molecule has 0 aliphatic heterocycles. The summed E-state index contributed by atoms with van der Waals surface area (Å²) >= 11 is 0. The van der Waals surface area contributed by atoms with Gasteiger partial charge in [0.05, 0.1) is 5.71 Å². The Balaban J connectivity index is 2.95. The monoisotopic (exact) mass is 479 g/mol. The summed E-state index contributed by atoms with van der Waals surface area (Å²) in [6.07, 6.45) is 5.72. The van der Waals surface area contributed by atoms with Crippen LogP contribution in [0.2, 0.25) is 16.6 Å². The van der Waals surface area contributed by atoms with E-state index in [-0.39, 0.29) is 0 Å². The molecule has 1 aromatic carbocycles. The first-order chi connectivity index (χ1) is 15.9. The second kappa shape index (κ2) is 11.7. The SMILES string of the molecule is CO/N=C1\CCCC(C)=C1c1c(C#C[Si](C(C)C)(C(C)C)C(C)C)cc(C)cc1C=CC(=O)O. The Labute approximate surface area is 207 Å². The molecule has 1 N–H and O–H groups in total. The van der Waals surface area contributed by atoms with Crippen LogP contribution in [0.1, 0.15) is 90.0 Å². The summed E-state index contributed by atoms with van der Waals surface area (Å²) in [5, 5.41) is 13.7. The Morgan fingerprint density at radius 1 is 1.09 bits per heavy atom. The number of nitrogens with zero attached hydrogens (tertiary/aromatic N) is 1. The molecule has 0 atom stereocenters. The van der Waals surface area contributed by atoms with Gasteiger partial charge in [-0.25, -0.2) is 4.79 Å². The van der Waals surface area contributed by atoms with E-state index in [4.69, 9.17) is 4.84 Å². The van der Waals surface area contributed by atoms with E-state index in [9.17, 15) is 9.90 Å². The van der Waals surface area contributed by atoms with Crippen molar-refractivity contribution in [3.63, 3.8) is 0 Å². The highest BCUT2D eigenvalue weighted by atomic mass is 28.3. The van der Waals surface area contributed by atoms with Crippen molar-refractivity contribution in [2.24, 2.45) is 5.16 Å². The number of benzene rings is 1. The minimum Gasteiger partial charge on any atom is -0.478 e. The van der Waals surface area contributed by atoms with Crippen LogP contribution < -0.4 is 0 Å². The predicted molar refractivity (Wildman–Crippen MR) is 147 cm³/mol. The summed E-state index contributed by atoms with van der Waals surface area (Å²) in [4.78, 5) is 16.6. The Bertz CT molecular complexity index is 1040. The van der Waals surface area contributed by atoms with Crippen molar-refractivity contribution < 1.29 is 14.7 Å². The molecule has 0 aromatic heterocycles. The van der Waals surface area contributed by atoms with E-state index in [1.807, 2.05) is 13.0 Å². The molecular formula is C29H41NO3Si. The molecule has 0 unspecified atom stereocenters. The lowest BCUT2D eigenvalue weighted by Crippen LogP contribution is -2.43. The van der Waals surface area contributed by atoms with Crippen molar-refractivity contribution >= 4 is 31.4 Å². The Hall–Kier alpha value is -2.58. The first kappa shape index (κ1) is 27.7. The van der Waals surface area contributed by atoms with Gasteiger partial charge in [0.15, 0.2) is 0 Å². The molecule has 0 bridgehead atoms. The molecule has 0 saturated heterocycles. The quantitative estimate of drug-likeness (QED) is 0.189. The van der Waals surface area contributed by atoms with Crippen LogP contribution in [0.5, 0.6) is 0 Å². The van der Waals surface area contributed by atoms with Crippen LogP contribution in [0.15, 0.2) is 28.9 Å². The molecule has 5 heteroatoms. The summed E-state index contributed by atoms with van der Waals surface area (Å²) in [5.74, 6) is 2.68. The van der Waals surface area contributed by atoms with E-state index < -0.39 is 14.0 Å². The number of oxime groups is 1. The van der Waals surface area contributed by atoms with E-state index in [1.165, 1.54) is 11.6 Å². The van der Waals surface area contributed by atoms with Gasteiger partial charge in [-0.15, -0.1) is 5.54 Å². The third-order valence-corrected chi connectivity index (χ3v) is 13.4. The molecule has 2 rings (SSSR count). The number of rotatable bonds is 7. The third kappa shape index (κ3) is 5.91. The van der Waals surface area contributed by atoms with Gasteiger partial charge in [-0.1, -0.05) is 64.3 Å². The van der Waals surface area contributed by atoms with Crippen molar-refractivity contribution in [2.45, 2.75) is 91.3 Å². The standard InChI is InChI=1S/C29H41NO3Si/c1-19(2)34(20(3)4,21(5)6)16-15-25-18-22(7)17-24(13-14-27(31)32)29(25)28-23(8)11-10-12-26(28)30-33-9/h13-14,17-21H,10-12H2,1-9H3,(H,31,32)/b14-13?,30-26+. The first-order valence-corrected chi connectivity index (χ1v) is 14.6. The highest BCUT2D eigenvalue weighted by Gasteiger charge is 2.41. The summed E-state index contributed by atoms with van der Waals surface area (Å²) in [7, 11) is -0.374. The highest BCUT2D eigenvalue weighted by Crippen LogP contribution is 2.41. The minimum atomic E-state index is -1.95. The third-order valence-electron chi connectivity index (χ3n) is 7.13. The number of aliphatic carboxylic acids is 1. The van der Waals surface area contributed by atoms with Crippen LogP contribution in [0, 0.1) is 18.4 Å². The van der Waals surface area contributed by atoms with E-state index in [1.54, 1.807) is 13.2 Å². The smallest absolute Gasteiger partial charge is 0.328 e. The van der Waals surface area contributed by atoms with E-state index >= 15 is 0 Å². The highest BCUT2D eigenvalue weighted by molar-refractivity contribution is 6.90. The summed E-state index contributed by atoms with van der Waals surface area (Å²) in [5.41, 5.74) is 12.5. The average molecular weight is 480 g/mol. The molecule has 0 fully saturated rings. The van der Waals surface area contributed by atoms with Gasteiger partial charge < -0.3 is 9.94 Å². The molecule has 1 aromatic rings. The van der Waals surface area contributed by atoms with Gasteiger partial charge in [0.1, 0.15) is 15.2 Å². The molecule has 0 radical (unpaired) electrons. The van der Waals surface area contributed by atoms with Gasteiger partial charge in [-0.3, -0.25) is 0 Å². The fraction of sp³-hybridized carbons (Fsp3) is 0.517. The zero-order valence-corrected chi connectivity index (χ0v) is 23.4. The maximum absolute atomic E-state index is 11.4. The van der Waals surface area contributed by atoms with Crippen molar-refractivity contribution in [3.8, 4) is 11.5 Å². The molecule has 0 heterocycles. The van der Waals surface area contributed by atoms with Crippen LogP contribution in [0.3, 0.4) is 0 Å². The lowest BCUT2D eigenvalue weighted by Gasteiger charge is -2.38. The van der Waals surface area contributed by atoms with Gasteiger partial charge >= 0.3 is 5.97 Å². The Morgan fingerprint density at radius 3 is 2.24 bits per heavy atom. The molecule has 0 saturated carbocycles. The Morgan fingerprint density at radius 2 is 1.71 bits per heavy atom. The number of carbonyl (C=O) groups is 1. The molecule has 184 valence electrons. The average Bonchev–Trinajstić information content (AvgIpc) is 2.73. The number of carboxylic acid groups (broad SMARTS) is 1. The number of allylic oxidation sites excluding steroid dienone is 2. The lowest BCUT2D eigenvalue weighted by atomic mass is 9.82. The van der Waals surface area contributed by atoms with Gasteiger partial charge in [0.2, 0.25) is 0 Å². The topological polar surface area (TPSA) is 58.9 Å². The fourth-order valence-electron chi connectivity index (χ4n) is 5.67.